The lowest BCUT2D eigenvalue weighted by Crippen LogP contribution is -2.38. The molecule has 1 aromatic heterocycles. The van der Waals surface area contributed by atoms with Crippen molar-refractivity contribution in [1.82, 2.24) is 20.8 Å². The summed E-state index contributed by atoms with van der Waals surface area (Å²) in [6.07, 6.45) is 4.07. The van der Waals surface area contributed by atoms with Gasteiger partial charge in [0.2, 0.25) is 5.89 Å². The summed E-state index contributed by atoms with van der Waals surface area (Å²) >= 11 is 0. The van der Waals surface area contributed by atoms with E-state index in [2.05, 4.69) is 32.7 Å². The summed E-state index contributed by atoms with van der Waals surface area (Å²) in [4.78, 5) is 8.31. The van der Waals surface area contributed by atoms with E-state index in [4.69, 9.17) is 4.52 Å². The first-order chi connectivity index (χ1) is 8.76. The first kappa shape index (κ1) is 14.5. The molecule has 0 radical (unpaired) electrons. The van der Waals surface area contributed by atoms with E-state index in [0.29, 0.717) is 11.7 Å². The molecule has 0 bridgehead atoms. The highest BCUT2D eigenvalue weighted by atomic mass is 16.5. The lowest BCUT2D eigenvalue weighted by Gasteiger charge is -2.10. The van der Waals surface area contributed by atoms with Crippen LogP contribution in [-0.4, -0.2) is 36.2 Å². The molecule has 0 aliphatic heterocycles. The number of guanidine groups is 1. The van der Waals surface area contributed by atoms with Crippen molar-refractivity contribution in [2.75, 3.05) is 20.1 Å². The summed E-state index contributed by atoms with van der Waals surface area (Å²) in [5.74, 6) is 2.24. The fourth-order valence-electron chi connectivity index (χ4n) is 1.49. The maximum atomic E-state index is 5.04. The summed E-state index contributed by atoms with van der Waals surface area (Å²) < 4.78 is 5.04. The van der Waals surface area contributed by atoms with E-state index in [1.165, 1.54) is 6.42 Å². The van der Waals surface area contributed by atoms with Crippen LogP contribution in [0.3, 0.4) is 0 Å². The zero-order valence-corrected chi connectivity index (χ0v) is 11.5. The second kappa shape index (κ2) is 8.49. The van der Waals surface area contributed by atoms with E-state index in [0.717, 1.165) is 38.3 Å². The number of hydrogen-bond donors (Lipinski definition) is 2. The smallest absolute Gasteiger partial charge is 0.226 e. The number of unbranched alkanes of at least 4 members (excludes halogenated alkanes) is 1. The normalized spacial score (nSPS) is 11.6. The van der Waals surface area contributed by atoms with E-state index in [-0.39, 0.29) is 0 Å². The first-order valence-electron chi connectivity index (χ1n) is 6.50. The third-order valence-electron chi connectivity index (χ3n) is 2.48. The third-order valence-corrected chi connectivity index (χ3v) is 2.48. The number of aliphatic imine (C=N–C) groups is 1. The van der Waals surface area contributed by atoms with E-state index in [1.54, 1.807) is 7.05 Å². The highest BCUT2D eigenvalue weighted by molar-refractivity contribution is 5.79. The molecule has 0 aliphatic rings. The number of aryl methyl sites for hydroxylation is 2. The van der Waals surface area contributed by atoms with Crippen molar-refractivity contribution in [3.05, 3.63) is 11.7 Å². The van der Waals surface area contributed by atoms with Crippen molar-refractivity contribution in [2.45, 2.75) is 39.5 Å². The average Bonchev–Trinajstić information content (AvgIpc) is 2.78. The quantitative estimate of drug-likeness (QED) is 0.435. The molecule has 102 valence electrons. The van der Waals surface area contributed by atoms with Gasteiger partial charge in [0.25, 0.3) is 0 Å². The first-order valence-corrected chi connectivity index (χ1v) is 6.50. The van der Waals surface area contributed by atoms with Crippen LogP contribution in [0.1, 0.15) is 37.9 Å². The van der Waals surface area contributed by atoms with E-state index >= 15 is 0 Å². The molecule has 18 heavy (non-hydrogen) atoms. The molecule has 0 aliphatic carbocycles. The molecule has 0 amide bonds. The Labute approximate surface area is 108 Å². The van der Waals surface area contributed by atoms with Gasteiger partial charge >= 0.3 is 0 Å². The third kappa shape index (κ3) is 5.65. The predicted molar refractivity (Wildman–Crippen MR) is 71.6 cm³/mol. The molecule has 0 unspecified atom stereocenters. The van der Waals surface area contributed by atoms with E-state index in [9.17, 15) is 0 Å². The van der Waals surface area contributed by atoms with Gasteiger partial charge < -0.3 is 15.2 Å². The average molecular weight is 253 g/mol. The molecule has 0 spiro atoms. The van der Waals surface area contributed by atoms with Crippen molar-refractivity contribution in [1.29, 1.82) is 0 Å². The van der Waals surface area contributed by atoms with Gasteiger partial charge in [0.15, 0.2) is 11.8 Å². The molecule has 2 N–H and O–H groups in total. The van der Waals surface area contributed by atoms with Crippen molar-refractivity contribution < 1.29 is 4.52 Å². The topological polar surface area (TPSA) is 75.3 Å². The number of nitrogens with one attached hydrogen (secondary N) is 2. The Kier molecular flexibility index (Phi) is 6.83. The molecular formula is C12H23N5O. The van der Waals surface area contributed by atoms with Crippen LogP contribution in [-0.2, 0) is 6.42 Å². The van der Waals surface area contributed by atoms with Crippen molar-refractivity contribution in [3.63, 3.8) is 0 Å². The number of rotatable bonds is 7. The highest BCUT2D eigenvalue weighted by Gasteiger charge is 2.02. The van der Waals surface area contributed by atoms with Crippen LogP contribution in [0.25, 0.3) is 0 Å². The summed E-state index contributed by atoms with van der Waals surface area (Å²) in [5.41, 5.74) is 0. The van der Waals surface area contributed by atoms with Gasteiger partial charge in [-0.2, -0.15) is 4.98 Å². The molecular weight excluding hydrogens is 230 g/mol. The Bertz CT molecular complexity index is 361. The van der Waals surface area contributed by atoms with Gasteiger partial charge in [-0.1, -0.05) is 18.5 Å². The molecule has 0 aromatic carbocycles. The Morgan fingerprint density at radius 2 is 2.00 bits per heavy atom. The second-order valence-electron chi connectivity index (χ2n) is 4.12. The largest absolute Gasteiger partial charge is 0.356 e. The van der Waals surface area contributed by atoms with Crippen molar-refractivity contribution >= 4 is 5.96 Å². The Morgan fingerprint density at radius 3 is 2.56 bits per heavy atom. The molecule has 6 nitrogen and oxygen atoms in total. The Morgan fingerprint density at radius 1 is 1.28 bits per heavy atom. The molecule has 1 aromatic rings. The maximum Gasteiger partial charge on any atom is 0.226 e. The lowest BCUT2D eigenvalue weighted by atomic mass is 10.3. The van der Waals surface area contributed by atoms with Gasteiger partial charge in [0.1, 0.15) is 0 Å². The highest BCUT2D eigenvalue weighted by Crippen LogP contribution is 1.98. The Balaban J connectivity index is 2.12. The number of aromatic nitrogens is 2. The van der Waals surface area contributed by atoms with Crippen molar-refractivity contribution in [3.8, 4) is 0 Å². The van der Waals surface area contributed by atoms with Gasteiger partial charge in [-0.15, -0.1) is 0 Å². The SMILES string of the molecule is CCCCNC(=NC)NCCCc1nc(C)no1. The van der Waals surface area contributed by atoms with Gasteiger partial charge in [0.05, 0.1) is 0 Å². The van der Waals surface area contributed by atoms with Crippen LogP contribution >= 0.6 is 0 Å². The minimum atomic E-state index is 0.690. The van der Waals surface area contributed by atoms with Crippen LogP contribution < -0.4 is 10.6 Å². The standard InChI is InChI=1S/C12H23N5O/c1-4-5-8-14-12(13-3)15-9-6-7-11-16-10(2)17-18-11/h4-9H2,1-3H3,(H2,13,14,15). The Hall–Kier alpha value is -1.59. The zero-order valence-electron chi connectivity index (χ0n) is 11.5. The molecule has 0 atom stereocenters. The van der Waals surface area contributed by atoms with Crippen LogP contribution in [0.2, 0.25) is 0 Å². The van der Waals surface area contributed by atoms with E-state index < -0.39 is 0 Å². The van der Waals surface area contributed by atoms with Crippen LogP contribution in [0.5, 0.6) is 0 Å². The molecule has 6 heteroatoms. The van der Waals surface area contributed by atoms with Crippen molar-refractivity contribution in [2.24, 2.45) is 4.99 Å². The van der Waals surface area contributed by atoms with Gasteiger partial charge in [-0.25, -0.2) is 0 Å². The van der Waals surface area contributed by atoms with Gasteiger partial charge in [-0.05, 0) is 19.8 Å². The number of nitrogens with zero attached hydrogens (tertiary/aromatic N) is 3. The number of hydrogen-bond acceptors (Lipinski definition) is 4. The van der Waals surface area contributed by atoms with Crippen LogP contribution in [0.4, 0.5) is 0 Å². The molecule has 1 rings (SSSR count). The van der Waals surface area contributed by atoms with E-state index in [1.807, 2.05) is 6.92 Å². The summed E-state index contributed by atoms with van der Waals surface area (Å²) in [6, 6.07) is 0. The fraction of sp³-hybridized carbons (Fsp3) is 0.750. The van der Waals surface area contributed by atoms with Gasteiger partial charge in [-0.3, -0.25) is 4.99 Å². The van der Waals surface area contributed by atoms with Gasteiger partial charge in [0, 0.05) is 26.6 Å². The molecule has 1 heterocycles. The molecule has 0 saturated heterocycles. The minimum absolute atomic E-state index is 0.690. The second-order valence-corrected chi connectivity index (χ2v) is 4.12. The van der Waals surface area contributed by atoms with Crippen LogP contribution in [0.15, 0.2) is 9.52 Å². The monoisotopic (exact) mass is 253 g/mol. The zero-order chi connectivity index (χ0) is 13.2. The maximum absolute atomic E-state index is 5.04. The lowest BCUT2D eigenvalue weighted by molar-refractivity contribution is 0.372. The summed E-state index contributed by atoms with van der Waals surface area (Å²) in [6.45, 7) is 5.79. The predicted octanol–water partition coefficient (Wildman–Crippen LogP) is 1.28. The van der Waals surface area contributed by atoms with Crippen LogP contribution in [0, 0.1) is 6.92 Å². The summed E-state index contributed by atoms with van der Waals surface area (Å²) in [5, 5.41) is 10.3. The minimum Gasteiger partial charge on any atom is -0.356 e. The molecule has 0 fully saturated rings. The fourth-order valence-corrected chi connectivity index (χ4v) is 1.49. The molecule has 0 saturated carbocycles. The summed E-state index contributed by atoms with van der Waals surface area (Å²) in [7, 11) is 1.78.